The molecule has 2 aromatic rings. The molecule has 0 saturated carbocycles. The van der Waals surface area contributed by atoms with Gasteiger partial charge in [0, 0.05) is 46.6 Å². The van der Waals surface area contributed by atoms with Crippen LogP contribution in [0.25, 0.3) is 0 Å². The maximum absolute atomic E-state index is 10.7. The van der Waals surface area contributed by atoms with Crippen molar-refractivity contribution in [3.63, 3.8) is 0 Å². The van der Waals surface area contributed by atoms with Crippen molar-refractivity contribution in [3.05, 3.63) is 57.6 Å². The predicted octanol–water partition coefficient (Wildman–Crippen LogP) is 3.82. The molecule has 0 spiro atoms. The SMILES string of the molecule is CC(=O)[O-].CC(=O)[O-].CCc1cc(C=NCN=Cc2cc(CC)cc(C(C)(C)C)c2O)c(O)c(C(C)(C)C)c1.[Co+2]. The second kappa shape index (κ2) is 17.5. The van der Waals surface area contributed by atoms with E-state index in [1.807, 2.05) is 12.1 Å². The fourth-order valence-corrected chi connectivity index (χ4v) is 3.51. The molecule has 0 aliphatic rings. The predicted molar refractivity (Wildman–Crippen MR) is 154 cm³/mol. The van der Waals surface area contributed by atoms with Gasteiger partial charge in [-0.1, -0.05) is 67.5 Å². The molecule has 40 heavy (non-hydrogen) atoms. The van der Waals surface area contributed by atoms with Gasteiger partial charge in [0.25, 0.3) is 0 Å². The molecule has 2 N–H and O–H groups in total. The second-order valence-corrected chi connectivity index (χ2v) is 11.1. The molecule has 0 unspecified atom stereocenters. The standard InChI is InChI=1S/C27H38N2O2.2C2H4O2.Co/c1-9-18-11-20(24(30)22(13-18)26(3,4)5)15-28-17-29-16-21-12-19(10-2)14-23(25(21)31)27(6,7)8;2*1-2(3)4;/h11-16,30-31H,9-10,17H2,1-8H3;2*1H3,(H,3,4);/q;;;+2/p-2. The van der Waals surface area contributed by atoms with Gasteiger partial charge in [0.05, 0.1) is 0 Å². The Morgan fingerprint density at radius 3 is 1.23 bits per heavy atom. The van der Waals surface area contributed by atoms with E-state index in [0.717, 1.165) is 37.8 Å². The molecule has 223 valence electrons. The summed E-state index contributed by atoms with van der Waals surface area (Å²) >= 11 is 0. The second-order valence-electron chi connectivity index (χ2n) is 11.1. The summed E-state index contributed by atoms with van der Waals surface area (Å²) in [6, 6.07) is 8.09. The van der Waals surface area contributed by atoms with Gasteiger partial charge in [0.1, 0.15) is 18.2 Å². The molecule has 2 aromatic carbocycles. The van der Waals surface area contributed by atoms with Crippen molar-refractivity contribution in [2.45, 2.75) is 92.9 Å². The molecule has 0 amide bonds. The van der Waals surface area contributed by atoms with Gasteiger partial charge in [-0.25, -0.2) is 0 Å². The number of benzene rings is 2. The van der Waals surface area contributed by atoms with Gasteiger partial charge in [-0.15, -0.1) is 0 Å². The molecule has 0 saturated heterocycles. The first-order valence-corrected chi connectivity index (χ1v) is 12.9. The van der Waals surface area contributed by atoms with Gasteiger partial charge in [-0.3, -0.25) is 9.98 Å². The van der Waals surface area contributed by atoms with E-state index in [1.54, 1.807) is 12.4 Å². The summed E-state index contributed by atoms with van der Waals surface area (Å²) in [6.45, 7) is 18.9. The van der Waals surface area contributed by atoms with Crippen molar-refractivity contribution >= 4 is 24.4 Å². The first kappa shape index (κ1) is 39.0. The van der Waals surface area contributed by atoms with Crippen LogP contribution in [-0.4, -0.2) is 41.2 Å². The van der Waals surface area contributed by atoms with Gasteiger partial charge < -0.3 is 30.0 Å². The fraction of sp³-hybridized carbons (Fsp3) is 0.484. The number of hydrogen-bond acceptors (Lipinski definition) is 8. The van der Waals surface area contributed by atoms with Crippen molar-refractivity contribution in [1.82, 2.24) is 0 Å². The molecular formula is C31H44CoN2O6. The van der Waals surface area contributed by atoms with Crippen LogP contribution in [-0.2, 0) is 50.0 Å². The van der Waals surface area contributed by atoms with E-state index in [2.05, 4.69) is 77.5 Å². The van der Waals surface area contributed by atoms with Crippen molar-refractivity contribution in [2.24, 2.45) is 9.98 Å². The Kier molecular flexibility index (Phi) is 17.1. The molecule has 0 aliphatic carbocycles. The van der Waals surface area contributed by atoms with Crippen LogP contribution >= 0.6 is 0 Å². The number of phenolic OH excluding ortho intramolecular Hbond substituents is 2. The third-order valence-corrected chi connectivity index (χ3v) is 5.45. The van der Waals surface area contributed by atoms with Crippen LogP contribution in [0.15, 0.2) is 34.3 Å². The smallest absolute Gasteiger partial charge is 0.550 e. The number of aliphatic carboxylic acids is 2. The molecule has 0 atom stereocenters. The number of carbonyl (C=O) groups excluding carboxylic acids is 2. The number of hydrogen-bond donors (Lipinski definition) is 2. The van der Waals surface area contributed by atoms with Crippen molar-refractivity contribution in [1.29, 1.82) is 0 Å². The molecule has 2 rings (SSSR count). The van der Waals surface area contributed by atoms with E-state index >= 15 is 0 Å². The Morgan fingerprint density at radius 1 is 0.725 bits per heavy atom. The Labute approximate surface area is 249 Å². The van der Waals surface area contributed by atoms with Crippen LogP contribution in [0.1, 0.15) is 103 Å². The first-order valence-electron chi connectivity index (χ1n) is 12.9. The van der Waals surface area contributed by atoms with Crippen LogP contribution in [0.3, 0.4) is 0 Å². The monoisotopic (exact) mass is 599 g/mol. The minimum absolute atomic E-state index is 0. The Bertz CT molecular complexity index is 1080. The summed E-state index contributed by atoms with van der Waals surface area (Å²) < 4.78 is 0. The molecule has 9 heteroatoms. The number of aromatic hydroxyl groups is 2. The van der Waals surface area contributed by atoms with Gasteiger partial charge in [-0.2, -0.15) is 0 Å². The summed E-state index contributed by atoms with van der Waals surface area (Å²) in [6.07, 6.45) is 5.16. The molecule has 0 bridgehead atoms. The maximum Gasteiger partial charge on any atom is 2.00 e. The van der Waals surface area contributed by atoms with Crippen molar-refractivity contribution in [3.8, 4) is 11.5 Å². The van der Waals surface area contributed by atoms with Crippen molar-refractivity contribution in [2.75, 3.05) is 6.67 Å². The van der Waals surface area contributed by atoms with Gasteiger partial charge in [0.2, 0.25) is 0 Å². The molecule has 0 heterocycles. The van der Waals surface area contributed by atoms with E-state index in [0.29, 0.717) is 11.1 Å². The Balaban J connectivity index is 0. The Morgan fingerprint density at radius 2 is 1.00 bits per heavy atom. The van der Waals surface area contributed by atoms with Crippen LogP contribution in [0.2, 0.25) is 0 Å². The fourth-order valence-electron chi connectivity index (χ4n) is 3.51. The third-order valence-electron chi connectivity index (χ3n) is 5.45. The van der Waals surface area contributed by atoms with E-state index in [4.69, 9.17) is 19.8 Å². The molecule has 1 radical (unpaired) electrons. The number of carboxylic acids is 2. The minimum Gasteiger partial charge on any atom is -0.550 e. The van der Waals surface area contributed by atoms with E-state index in [-0.39, 0.29) is 45.8 Å². The molecule has 8 nitrogen and oxygen atoms in total. The summed E-state index contributed by atoms with van der Waals surface area (Å²) in [7, 11) is 0. The third kappa shape index (κ3) is 14.3. The number of aliphatic imine (C=N–C) groups is 2. The number of phenols is 2. The summed E-state index contributed by atoms with van der Waals surface area (Å²) in [4.78, 5) is 26.6. The zero-order chi connectivity index (χ0) is 30.6. The number of carbonyl (C=O) groups is 2. The number of aryl methyl sites for hydroxylation is 2. The normalized spacial score (nSPS) is 11.2. The number of rotatable bonds is 6. The van der Waals surface area contributed by atoms with Crippen LogP contribution in [0.4, 0.5) is 0 Å². The average Bonchev–Trinajstić information content (AvgIpc) is 2.78. The molecule has 0 fully saturated rings. The maximum atomic E-state index is 10.7. The van der Waals surface area contributed by atoms with E-state index in [1.165, 1.54) is 11.1 Å². The van der Waals surface area contributed by atoms with Crippen LogP contribution in [0, 0.1) is 0 Å². The zero-order valence-corrected chi connectivity index (χ0v) is 26.4. The van der Waals surface area contributed by atoms with Gasteiger partial charge >= 0.3 is 16.8 Å². The van der Waals surface area contributed by atoms with Crippen LogP contribution in [0.5, 0.6) is 11.5 Å². The quantitative estimate of drug-likeness (QED) is 0.483. The summed E-state index contributed by atoms with van der Waals surface area (Å²) in [5.41, 5.74) is 5.31. The molecular weight excluding hydrogens is 555 g/mol. The number of nitrogens with zero attached hydrogens (tertiary/aromatic N) is 2. The molecule has 0 aromatic heterocycles. The Hall–Kier alpha value is -3.17. The summed E-state index contributed by atoms with van der Waals surface area (Å²) in [5, 5.41) is 39.2. The number of carboxylic acid groups (broad SMARTS) is 2. The van der Waals surface area contributed by atoms with Gasteiger partial charge in [0.15, 0.2) is 0 Å². The first-order chi connectivity index (χ1) is 17.8. The van der Waals surface area contributed by atoms with Crippen LogP contribution < -0.4 is 10.2 Å². The average molecular weight is 600 g/mol. The topological polar surface area (TPSA) is 145 Å². The van der Waals surface area contributed by atoms with Crippen molar-refractivity contribution < 1.29 is 46.8 Å². The van der Waals surface area contributed by atoms with E-state index in [9.17, 15) is 10.2 Å². The largest absolute Gasteiger partial charge is 2.00 e. The molecule has 0 aliphatic heterocycles. The zero-order valence-electron chi connectivity index (χ0n) is 25.3. The van der Waals surface area contributed by atoms with Gasteiger partial charge in [-0.05, 0) is 60.8 Å². The summed E-state index contributed by atoms with van der Waals surface area (Å²) in [5.74, 6) is -1.61. The van der Waals surface area contributed by atoms with E-state index < -0.39 is 11.9 Å². The minimum atomic E-state index is -1.08.